The lowest BCUT2D eigenvalue weighted by Crippen LogP contribution is -2.41. The van der Waals surface area contributed by atoms with Gasteiger partial charge in [-0.1, -0.05) is 15.9 Å². The topological polar surface area (TPSA) is 27.7 Å². The van der Waals surface area contributed by atoms with Crippen LogP contribution in [0.25, 0.3) is 0 Å². The van der Waals surface area contributed by atoms with E-state index < -0.39 is 0 Å². The van der Waals surface area contributed by atoms with Gasteiger partial charge < -0.3 is 14.2 Å². The molecule has 1 saturated heterocycles. The smallest absolute Gasteiger partial charge is 0.123 e. The molecule has 0 amide bonds. The SMILES string of the molecule is COc1ccc(OC)c(C2(Br)COC2)c1. The van der Waals surface area contributed by atoms with Gasteiger partial charge in [0, 0.05) is 5.56 Å². The standard InChI is InChI=1S/C11H13BrO3/c1-13-8-3-4-10(14-2)9(5-8)11(12)6-15-7-11/h3-5H,6-7H2,1-2H3. The number of hydrogen-bond acceptors (Lipinski definition) is 3. The van der Waals surface area contributed by atoms with Gasteiger partial charge in [0.1, 0.15) is 15.8 Å². The second-order valence-corrected chi connectivity index (χ2v) is 5.04. The second-order valence-electron chi connectivity index (χ2n) is 3.52. The van der Waals surface area contributed by atoms with Gasteiger partial charge >= 0.3 is 0 Å². The summed E-state index contributed by atoms with van der Waals surface area (Å²) in [5, 5.41) is 0. The van der Waals surface area contributed by atoms with Crippen molar-refractivity contribution in [1.82, 2.24) is 0 Å². The average Bonchev–Trinajstić information content (AvgIpc) is 2.25. The first-order valence-electron chi connectivity index (χ1n) is 4.69. The fourth-order valence-corrected chi connectivity index (χ4v) is 2.23. The zero-order valence-electron chi connectivity index (χ0n) is 8.75. The summed E-state index contributed by atoms with van der Waals surface area (Å²) in [6.07, 6.45) is 0. The molecular formula is C11H13BrO3. The number of benzene rings is 1. The summed E-state index contributed by atoms with van der Waals surface area (Å²) in [4.78, 5) is 0. The summed E-state index contributed by atoms with van der Waals surface area (Å²) in [6, 6.07) is 5.78. The first-order chi connectivity index (χ1) is 7.19. The van der Waals surface area contributed by atoms with Crippen molar-refractivity contribution in [2.24, 2.45) is 0 Å². The number of halogens is 1. The predicted octanol–water partition coefficient (Wildman–Crippen LogP) is 2.32. The number of alkyl halides is 1. The highest BCUT2D eigenvalue weighted by molar-refractivity contribution is 9.09. The van der Waals surface area contributed by atoms with Crippen molar-refractivity contribution in [3.8, 4) is 11.5 Å². The Morgan fingerprint density at radius 1 is 1.27 bits per heavy atom. The van der Waals surface area contributed by atoms with Crippen LogP contribution in [0.3, 0.4) is 0 Å². The highest BCUT2D eigenvalue weighted by Gasteiger charge is 2.40. The Morgan fingerprint density at radius 3 is 2.47 bits per heavy atom. The largest absolute Gasteiger partial charge is 0.497 e. The Balaban J connectivity index is 2.41. The van der Waals surface area contributed by atoms with Gasteiger partial charge in [0.05, 0.1) is 27.4 Å². The zero-order chi connectivity index (χ0) is 10.9. The van der Waals surface area contributed by atoms with Crippen LogP contribution < -0.4 is 9.47 Å². The molecule has 0 aliphatic carbocycles. The minimum absolute atomic E-state index is 0.118. The second kappa shape index (κ2) is 4.02. The summed E-state index contributed by atoms with van der Waals surface area (Å²) in [5.74, 6) is 1.69. The summed E-state index contributed by atoms with van der Waals surface area (Å²) in [7, 11) is 3.32. The molecule has 4 heteroatoms. The van der Waals surface area contributed by atoms with Gasteiger partial charge in [-0.15, -0.1) is 0 Å². The Kier molecular flexibility index (Phi) is 2.89. The van der Waals surface area contributed by atoms with Crippen molar-refractivity contribution in [2.45, 2.75) is 4.32 Å². The highest BCUT2D eigenvalue weighted by atomic mass is 79.9. The molecule has 0 spiro atoms. The maximum atomic E-state index is 5.33. The molecule has 1 aliphatic heterocycles. The van der Waals surface area contributed by atoms with Crippen molar-refractivity contribution in [3.63, 3.8) is 0 Å². The van der Waals surface area contributed by atoms with Gasteiger partial charge in [-0.25, -0.2) is 0 Å². The molecule has 1 aromatic rings. The van der Waals surface area contributed by atoms with Gasteiger partial charge in [0.2, 0.25) is 0 Å². The van der Waals surface area contributed by atoms with Crippen LogP contribution in [0.4, 0.5) is 0 Å². The first kappa shape index (κ1) is 10.8. The van der Waals surface area contributed by atoms with Crippen LogP contribution in [0, 0.1) is 0 Å². The summed E-state index contributed by atoms with van der Waals surface area (Å²) in [5.41, 5.74) is 1.08. The zero-order valence-corrected chi connectivity index (χ0v) is 10.3. The molecule has 0 radical (unpaired) electrons. The summed E-state index contributed by atoms with van der Waals surface area (Å²) < 4.78 is 15.6. The molecule has 1 aromatic carbocycles. The molecule has 0 aromatic heterocycles. The lowest BCUT2D eigenvalue weighted by molar-refractivity contribution is -0.00795. The van der Waals surface area contributed by atoms with E-state index in [9.17, 15) is 0 Å². The molecule has 3 nitrogen and oxygen atoms in total. The number of ether oxygens (including phenoxy) is 3. The summed E-state index contributed by atoms with van der Waals surface area (Å²) >= 11 is 3.67. The molecule has 2 rings (SSSR count). The Hall–Kier alpha value is -0.740. The molecule has 82 valence electrons. The fraction of sp³-hybridized carbons (Fsp3) is 0.455. The molecule has 15 heavy (non-hydrogen) atoms. The van der Waals surface area contributed by atoms with Gasteiger partial charge in [0.25, 0.3) is 0 Å². The molecule has 0 atom stereocenters. The van der Waals surface area contributed by atoms with Gasteiger partial charge in [-0.3, -0.25) is 0 Å². The molecule has 1 heterocycles. The minimum Gasteiger partial charge on any atom is -0.497 e. The van der Waals surface area contributed by atoms with E-state index in [2.05, 4.69) is 15.9 Å². The van der Waals surface area contributed by atoms with Crippen molar-refractivity contribution in [3.05, 3.63) is 23.8 Å². The summed E-state index contributed by atoms with van der Waals surface area (Å²) in [6.45, 7) is 1.33. The molecule has 0 N–H and O–H groups in total. The third-order valence-electron chi connectivity index (χ3n) is 2.55. The minimum atomic E-state index is -0.118. The van der Waals surface area contributed by atoms with Gasteiger partial charge in [-0.05, 0) is 18.2 Å². The van der Waals surface area contributed by atoms with Crippen LogP contribution in [0.2, 0.25) is 0 Å². The van der Waals surface area contributed by atoms with Crippen molar-refractivity contribution >= 4 is 15.9 Å². The highest BCUT2D eigenvalue weighted by Crippen LogP contribution is 2.44. The van der Waals surface area contributed by atoms with Crippen LogP contribution in [-0.4, -0.2) is 27.4 Å². The van der Waals surface area contributed by atoms with E-state index in [0.29, 0.717) is 13.2 Å². The van der Waals surface area contributed by atoms with E-state index >= 15 is 0 Å². The molecule has 0 unspecified atom stereocenters. The van der Waals surface area contributed by atoms with Gasteiger partial charge in [-0.2, -0.15) is 0 Å². The molecule has 1 aliphatic rings. The van der Waals surface area contributed by atoms with E-state index in [1.807, 2.05) is 18.2 Å². The Labute approximate surface area is 97.5 Å². The Morgan fingerprint density at radius 2 is 2.00 bits per heavy atom. The van der Waals surface area contributed by atoms with Crippen LogP contribution in [-0.2, 0) is 9.06 Å². The monoisotopic (exact) mass is 272 g/mol. The van der Waals surface area contributed by atoms with Crippen molar-refractivity contribution < 1.29 is 14.2 Å². The maximum Gasteiger partial charge on any atom is 0.123 e. The van der Waals surface area contributed by atoms with Crippen LogP contribution in [0.15, 0.2) is 18.2 Å². The normalized spacial score (nSPS) is 18.1. The molecule has 0 bridgehead atoms. The Bertz CT molecular complexity index is 361. The molecule has 1 fully saturated rings. The van der Waals surface area contributed by atoms with Crippen molar-refractivity contribution in [2.75, 3.05) is 27.4 Å². The molecule has 0 saturated carbocycles. The third-order valence-corrected chi connectivity index (χ3v) is 3.44. The van der Waals surface area contributed by atoms with E-state index in [-0.39, 0.29) is 4.32 Å². The maximum absolute atomic E-state index is 5.33. The van der Waals surface area contributed by atoms with Crippen molar-refractivity contribution in [1.29, 1.82) is 0 Å². The lowest BCUT2D eigenvalue weighted by Gasteiger charge is -2.37. The third kappa shape index (κ3) is 1.84. The average molecular weight is 273 g/mol. The van der Waals surface area contributed by atoms with Gasteiger partial charge in [0.15, 0.2) is 0 Å². The first-order valence-corrected chi connectivity index (χ1v) is 5.48. The lowest BCUT2D eigenvalue weighted by atomic mass is 9.96. The quantitative estimate of drug-likeness (QED) is 0.791. The number of rotatable bonds is 3. The van der Waals surface area contributed by atoms with Crippen LogP contribution >= 0.6 is 15.9 Å². The van der Waals surface area contributed by atoms with Crippen LogP contribution in [0.5, 0.6) is 11.5 Å². The number of methoxy groups -OCH3 is 2. The van der Waals surface area contributed by atoms with E-state index in [1.54, 1.807) is 14.2 Å². The molecular weight excluding hydrogens is 260 g/mol. The van der Waals surface area contributed by atoms with E-state index in [1.165, 1.54) is 0 Å². The van der Waals surface area contributed by atoms with E-state index in [0.717, 1.165) is 17.1 Å². The fourth-order valence-electron chi connectivity index (χ4n) is 1.60. The predicted molar refractivity (Wildman–Crippen MR) is 61.0 cm³/mol. The number of hydrogen-bond donors (Lipinski definition) is 0. The van der Waals surface area contributed by atoms with E-state index in [4.69, 9.17) is 14.2 Å². The van der Waals surface area contributed by atoms with Crippen LogP contribution in [0.1, 0.15) is 5.56 Å².